The molecule has 0 saturated heterocycles. The number of benzene rings is 2. The first-order chi connectivity index (χ1) is 9.15. The number of ether oxygens (including phenoxy) is 1. The molecule has 0 fully saturated rings. The molecule has 2 aromatic carbocycles. The van der Waals surface area contributed by atoms with Crippen molar-refractivity contribution in [1.82, 2.24) is 0 Å². The van der Waals surface area contributed by atoms with Gasteiger partial charge in [-0.15, -0.1) is 0 Å². The van der Waals surface area contributed by atoms with E-state index in [1.54, 1.807) is 19.1 Å². The molecular formula is C15H16O4. The van der Waals surface area contributed by atoms with Crippen LogP contribution in [0.3, 0.4) is 0 Å². The molecule has 4 heteroatoms. The van der Waals surface area contributed by atoms with Gasteiger partial charge in [0.15, 0.2) is 6.10 Å². The van der Waals surface area contributed by atoms with Gasteiger partial charge in [-0.05, 0) is 23.3 Å². The molecule has 0 aromatic heterocycles. The Kier molecular flexibility index (Phi) is 4.14. The molecule has 0 aliphatic rings. The molecule has 19 heavy (non-hydrogen) atoms. The Bertz CT molecular complexity index is 574. The van der Waals surface area contributed by atoms with Crippen molar-refractivity contribution >= 4 is 16.7 Å². The van der Waals surface area contributed by atoms with Gasteiger partial charge in [0.2, 0.25) is 0 Å². The lowest BCUT2D eigenvalue weighted by Gasteiger charge is -2.18. The third kappa shape index (κ3) is 2.75. The topological polar surface area (TPSA) is 66.8 Å². The van der Waals surface area contributed by atoms with E-state index in [0.29, 0.717) is 5.56 Å². The normalized spacial score (nSPS) is 14.1. The first-order valence-corrected chi connectivity index (χ1v) is 6.15. The fourth-order valence-corrected chi connectivity index (χ4v) is 2.03. The maximum absolute atomic E-state index is 11.5. The van der Waals surface area contributed by atoms with E-state index >= 15 is 0 Å². The molecule has 0 spiro atoms. The number of aliphatic hydroxyl groups excluding tert-OH is 2. The highest BCUT2D eigenvalue weighted by Gasteiger charge is 2.27. The summed E-state index contributed by atoms with van der Waals surface area (Å²) in [6.07, 6.45) is -2.88. The average Bonchev–Trinajstić information content (AvgIpc) is 2.45. The van der Waals surface area contributed by atoms with Gasteiger partial charge in [0.1, 0.15) is 6.10 Å². The molecule has 2 N–H and O–H groups in total. The van der Waals surface area contributed by atoms with Gasteiger partial charge in [-0.1, -0.05) is 42.5 Å². The summed E-state index contributed by atoms with van der Waals surface area (Å²) in [5, 5.41) is 21.7. The number of aliphatic hydroxyl groups is 2. The summed E-state index contributed by atoms with van der Waals surface area (Å²) < 4.78 is 4.71. The third-order valence-corrected chi connectivity index (χ3v) is 2.97. The fourth-order valence-electron chi connectivity index (χ4n) is 2.03. The van der Waals surface area contributed by atoms with Gasteiger partial charge in [-0.3, -0.25) is 0 Å². The van der Waals surface area contributed by atoms with Crippen LogP contribution < -0.4 is 0 Å². The van der Waals surface area contributed by atoms with Crippen LogP contribution in [0.2, 0.25) is 0 Å². The zero-order valence-electron chi connectivity index (χ0n) is 10.6. The van der Waals surface area contributed by atoms with Gasteiger partial charge in [0.25, 0.3) is 0 Å². The maximum atomic E-state index is 11.5. The van der Waals surface area contributed by atoms with E-state index in [2.05, 4.69) is 0 Å². The highest BCUT2D eigenvalue weighted by molar-refractivity contribution is 5.87. The summed E-state index contributed by atoms with van der Waals surface area (Å²) in [6, 6.07) is 12.8. The van der Waals surface area contributed by atoms with Crippen molar-refractivity contribution in [3.63, 3.8) is 0 Å². The molecule has 0 aliphatic carbocycles. The molecule has 100 valence electrons. The van der Waals surface area contributed by atoms with Crippen LogP contribution in [-0.2, 0) is 9.53 Å². The average molecular weight is 260 g/mol. The van der Waals surface area contributed by atoms with E-state index in [1.165, 1.54) is 0 Å². The number of carbonyl (C=O) groups is 1. The second-order valence-corrected chi connectivity index (χ2v) is 4.21. The fraction of sp³-hybridized carbons (Fsp3) is 0.267. The molecule has 0 heterocycles. The highest BCUT2D eigenvalue weighted by atomic mass is 16.5. The third-order valence-electron chi connectivity index (χ3n) is 2.97. The van der Waals surface area contributed by atoms with Crippen LogP contribution >= 0.6 is 0 Å². The molecule has 0 amide bonds. The second-order valence-electron chi connectivity index (χ2n) is 4.21. The summed E-state index contributed by atoms with van der Waals surface area (Å²) >= 11 is 0. The van der Waals surface area contributed by atoms with Crippen molar-refractivity contribution in [1.29, 1.82) is 0 Å². The molecule has 0 bridgehead atoms. The maximum Gasteiger partial charge on any atom is 0.338 e. The number of hydrogen-bond acceptors (Lipinski definition) is 4. The minimum absolute atomic E-state index is 0.165. The predicted octanol–water partition coefficient (Wildman–Crippen LogP) is 1.80. The highest BCUT2D eigenvalue weighted by Crippen LogP contribution is 2.26. The van der Waals surface area contributed by atoms with Crippen LogP contribution in [0.25, 0.3) is 10.8 Å². The van der Waals surface area contributed by atoms with E-state index in [-0.39, 0.29) is 6.61 Å². The Morgan fingerprint density at radius 2 is 1.84 bits per heavy atom. The number of hydrogen-bond donors (Lipinski definition) is 2. The van der Waals surface area contributed by atoms with Crippen LogP contribution in [0.15, 0.2) is 42.5 Å². The standard InChI is InChI=1S/C15H16O4/c1-2-19-15(18)14(17)13(16)12-9-5-7-10-6-3-4-8-11(10)12/h3-9,13-14,16-17H,2H2,1H3. The predicted molar refractivity (Wildman–Crippen MR) is 71.5 cm³/mol. The first kappa shape index (κ1) is 13.5. The summed E-state index contributed by atoms with van der Waals surface area (Å²) in [6.45, 7) is 1.81. The first-order valence-electron chi connectivity index (χ1n) is 6.15. The van der Waals surface area contributed by atoms with E-state index in [1.807, 2.05) is 30.3 Å². The largest absolute Gasteiger partial charge is 0.464 e. The minimum atomic E-state index is -1.58. The zero-order valence-corrected chi connectivity index (χ0v) is 10.6. The van der Waals surface area contributed by atoms with E-state index in [0.717, 1.165) is 10.8 Å². The van der Waals surface area contributed by atoms with Crippen LogP contribution in [0, 0.1) is 0 Å². The van der Waals surface area contributed by atoms with Gasteiger partial charge in [0.05, 0.1) is 6.61 Å². The second kappa shape index (κ2) is 5.82. The van der Waals surface area contributed by atoms with Crippen molar-refractivity contribution < 1.29 is 19.7 Å². The molecule has 0 saturated carbocycles. The van der Waals surface area contributed by atoms with E-state index in [9.17, 15) is 15.0 Å². The SMILES string of the molecule is CCOC(=O)C(O)C(O)c1cccc2ccccc12. The molecule has 2 aromatic rings. The van der Waals surface area contributed by atoms with Gasteiger partial charge < -0.3 is 14.9 Å². The van der Waals surface area contributed by atoms with E-state index in [4.69, 9.17) is 4.74 Å². The quantitative estimate of drug-likeness (QED) is 0.823. The Morgan fingerprint density at radius 1 is 1.16 bits per heavy atom. The Hall–Kier alpha value is -1.91. The van der Waals surface area contributed by atoms with Gasteiger partial charge in [-0.2, -0.15) is 0 Å². The number of esters is 1. The summed E-state index contributed by atoms with van der Waals surface area (Å²) in [5.74, 6) is -0.817. The minimum Gasteiger partial charge on any atom is -0.464 e. The smallest absolute Gasteiger partial charge is 0.338 e. The van der Waals surface area contributed by atoms with Gasteiger partial charge in [0, 0.05) is 0 Å². The van der Waals surface area contributed by atoms with Crippen molar-refractivity contribution in [3.05, 3.63) is 48.0 Å². The Labute approximate surface area is 111 Å². The van der Waals surface area contributed by atoms with E-state index < -0.39 is 18.2 Å². The molecule has 0 aliphatic heterocycles. The van der Waals surface area contributed by atoms with Crippen LogP contribution in [0.5, 0.6) is 0 Å². The zero-order chi connectivity index (χ0) is 13.8. The molecule has 2 atom stereocenters. The number of rotatable bonds is 4. The van der Waals surface area contributed by atoms with Crippen LogP contribution in [-0.4, -0.2) is 28.9 Å². The lowest BCUT2D eigenvalue weighted by atomic mass is 9.97. The summed E-state index contributed by atoms with van der Waals surface area (Å²) in [4.78, 5) is 11.5. The van der Waals surface area contributed by atoms with Crippen LogP contribution in [0.1, 0.15) is 18.6 Å². The van der Waals surface area contributed by atoms with Crippen molar-refractivity contribution in [2.24, 2.45) is 0 Å². The van der Waals surface area contributed by atoms with Crippen molar-refractivity contribution in [2.45, 2.75) is 19.1 Å². The monoisotopic (exact) mass is 260 g/mol. The molecule has 2 rings (SSSR count). The Morgan fingerprint density at radius 3 is 2.58 bits per heavy atom. The van der Waals surface area contributed by atoms with Crippen molar-refractivity contribution in [2.75, 3.05) is 6.61 Å². The lowest BCUT2D eigenvalue weighted by Crippen LogP contribution is -2.30. The Balaban J connectivity index is 2.36. The van der Waals surface area contributed by atoms with Gasteiger partial charge >= 0.3 is 5.97 Å². The van der Waals surface area contributed by atoms with Crippen LogP contribution in [0.4, 0.5) is 0 Å². The molecule has 2 unspecified atom stereocenters. The summed E-state index contributed by atoms with van der Waals surface area (Å²) in [7, 11) is 0. The van der Waals surface area contributed by atoms with Gasteiger partial charge in [-0.25, -0.2) is 4.79 Å². The lowest BCUT2D eigenvalue weighted by molar-refractivity contribution is -0.159. The summed E-state index contributed by atoms with van der Waals surface area (Å²) in [5.41, 5.74) is 0.513. The number of carbonyl (C=O) groups excluding carboxylic acids is 1. The van der Waals surface area contributed by atoms with Crippen molar-refractivity contribution in [3.8, 4) is 0 Å². The molecular weight excluding hydrogens is 244 g/mol. The molecule has 0 radical (unpaired) electrons. The molecule has 4 nitrogen and oxygen atoms in total. The number of fused-ring (bicyclic) bond motifs is 1.